The summed E-state index contributed by atoms with van der Waals surface area (Å²) in [6, 6.07) is 27.9. The van der Waals surface area contributed by atoms with Crippen molar-refractivity contribution in [1.29, 1.82) is 0 Å². The van der Waals surface area contributed by atoms with Gasteiger partial charge in [0, 0.05) is 12.7 Å². The van der Waals surface area contributed by atoms with Crippen LogP contribution in [0.5, 0.6) is 5.75 Å². The molecule has 0 saturated heterocycles. The highest BCUT2D eigenvalue weighted by Crippen LogP contribution is 2.37. The van der Waals surface area contributed by atoms with E-state index in [2.05, 4.69) is 77.5 Å². The molecule has 0 spiro atoms. The smallest absolute Gasteiger partial charge is 0.118 e. The summed E-state index contributed by atoms with van der Waals surface area (Å²) < 4.78 is 7.70. The summed E-state index contributed by atoms with van der Waals surface area (Å²) in [6.45, 7) is 0.882. The average Bonchev–Trinajstić information content (AvgIpc) is 2.99. The van der Waals surface area contributed by atoms with Crippen molar-refractivity contribution < 1.29 is 4.74 Å². The SMILES string of the molecule is COc1ccc(Cn2cc3c(c2-c2ccc(-c4ccccc4)cc2)CC3)cc1. The second-order valence-electron chi connectivity index (χ2n) is 7.40. The second-order valence-corrected chi connectivity index (χ2v) is 7.40. The monoisotopic (exact) mass is 365 g/mol. The molecule has 2 heteroatoms. The van der Waals surface area contributed by atoms with Crippen LogP contribution in [0.4, 0.5) is 0 Å². The standard InChI is InChI=1S/C26H23NO/c1-28-24-14-7-19(8-15-24)17-27-18-23-13-16-25(23)26(27)22-11-9-21(10-12-22)20-5-3-2-4-6-20/h2-12,14-15,18H,13,16-17H2,1H3. The van der Waals surface area contributed by atoms with Crippen molar-refractivity contribution in [3.63, 3.8) is 0 Å². The lowest BCUT2D eigenvalue weighted by Gasteiger charge is -2.17. The number of benzene rings is 3. The molecule has 3 aromatic carbocycles. The van der Waals surface area contributed by atoms with Gasteiger partial charge in [0.25, 0.3) is 0 Å². The van der Waals surface area contributed by atoms with Crippen LogP contribution in [0.15, 0.2) is 85.1 Å². The maximum atomic E-state index is 5.29. The molecule has 1 aliphatic rings. The van der Waals surface area contributed by atoms with Crippen LogP contribution < -0.4 is 4.74 Å². The van der Waals surface area contributed by atoms with Crippen LogP contribution in [-0.2, 0) is 19.4 Å². The van der Waals surface area contributed by atoms with E-state index < -0.39 is 0 Å². The van der Waals surface area contributed by atoms with E-state index in [1.807, 2.05) is 12.1 Å². The van der Waals surface area contributed by atoms with E-state index in [-0.39, 0.29) is 0 Å². The number of rotatable bonds is 5. The summed E-state index contributed by atoms with van der Waals surface area (Å²) in [5.74, 6) is 0.902. The Morgan fingerprint density at radius 2 is 1.43 bits per heavy atom. The molecule has 0 aliphatic heterocycles. The lowest BCUT2D eigenvalue weighted by atomic mass is 9.89. The molecule has 1 aliphatic carbocycles. The molecule has 0 unspecified atom stereocenters. The van der Waals surface area contributed by atoms with Gasteiger partial charge in [-0.25, -0.2) is 0 Å². The Bertz CT molecular complexity index is 1090. The molecule has 4 aromatic rings. The van der Waals surface area contributed by atoms with E-state index in [9.17, 15) is 0 Å². The Morgan fingerprint density at radius 1 is 0.750 bits per heavy atom. The summed E-state index contributed by atoms with van der Waals surface area (Å²) >= 11 is 0. The Kier molecular flexibility index (Phi) is 4.25. The third-order valence-electron chi connectivity index (χ3n) is 5.69. The lowest BCUT2D eigenvalue weighted by Crippen LogP contribution is -2.06. The van der Waals surface area contributed by atoms with Gasteiger partial charge in [-0.1, -0.05) is 66.7 Å². The Hall–Kier alpha value is -3.26. The fourth-order valence-electron chi connectivity index (χ4n) is 4.08. The Labute approximate surface area is 166 Å². The topological polar surface area (TPSA) is 14.2 Å². The average molecular weight is 365 g/mol. The summed E-state index contributed by atoms with van der Waals surface area (Å²) in [7, 11) is 1.71. The van der Waals surface area contributed by atoms with Gasteiger partial charge in [0.15, 0.2) is 0 Å². The highest BCUT2D eigenvalue weighted by molar-refractivity contribution is 5.73. The molecule has 0 radical (unpaired) electrons. The zero-order valence-corrected chi connectivity index (χ0v) is 16.1. The van der Waals surface area contributed by atoms with Crippen LogP contribution in [0, 0.1) is 0 Å². The predicted molar refractivity (Wildman–Crippen MR) is 115 cm³/mol. The van der Waals surface area contributed by atoms with Gasteiger partial charge in [0.1, 0.15) is 5.75 Å². The van der Waals surface area contributed by atoms with Gasteiger partial charge < -0.3 is 9.30 Å². The van der Waals surface area contributed by atoms with Crippen molar-refractivity contribution in [2.45, 2.75) is 19.4 Å². The maximum absolute atomic E-state index is 5.29. The minimum atomic E-state index is 0.882. The molecule has 0 saturated carbocycles. The number of methoxy groups -OCH3 is 1. The molecule has 0 bridgehead atoms. The zero-order valence-electron chi connectivity index (χ0n) is 16.1. The van der Waals surface area contributed by atoms with Crippen molar-refractivity contribution in [2.75, 3.05) is 7.11 Å². The van der Waals surface area contributed by atoms with Crippen molar-refractivity contribution in [2.24, 2.45) is 0 Å². The van der Waals surface area contributed by atoms with E-state index in [1.165, 1.54) is 51.9 Å². The van der Waals surface area contributed by atoms with E-state index >= 15 is 0 Å². The quantitative estimate of drug-likeness (QED) is 0.424. The lowest BCUT2D eigenvalue weighted by molar-refractivity contribution is 0.414. The third kappa shape index (κ3) is 3.01. The summed E-state index contributed by atoms with van der Waals surface area (Å²) in [5, 5.41) is 0. The number of nitrogens with zero attached hydrogens (tertiary/aromatic N) is 1. The zero-order chi connectivity index (χ0) is 18.9. The van der Waals surface area contributed by atoms with Gasteiger partial charge in [0.2, 0.25) is 0 Å². The molecule has 1 heterocycles. The molecule has 0 amide bonds. The normalized spacial score (nSPS) is 12.3. The largest absolute Gasteiger partial charge is 0.497 e. The fraction of sp³-hybridized carbons (Fsp3) is 0.154. The Morgan fingerprint density at radius 3 is 2.07 bits per heavy atom. The molecule has 138 valence electrons. The van der Waals surface area contributed by atoms with Crippen molar-refractivity contribution >= 4 is 0 Å². The van der Waals surface area contributed by atoms with E-state index in [0.717, 1.165) is 12.3 Å². The van der Waals surface area contributed by atoms with Crippen molar-refractivity contribution in [1.82, 2.24) is 4.57 Å². The first-order chi connectivity index (χ1) is 13.8. The van der Waals surface area contributed by atoms with E-state index in [4.69, 9.17) is 4.74 Å². The number of ether oxygens (including phenoxy) is 1. The molecular formula is C26H23NO. The van der Waals surface area contributed by atoms with Crippen LogP contribution in [0.2, 0.25) is 0 Å². The van der Waals surface area contributed by atoms with Gasteiger partial charge in [-0.15, -0.1) is 0 Å². The second kappa shape index (κ2) is 7.05. The van der Waals surface area contributed by atoms with Crippen LogP contribution in [0.25, 0.3) is 22.4 Å². The van der Waals surface area contributed by atoms with Gasteiger partial charge >= 0.3 is 0 Å². The van der Waals surface area contributed by atoms with Crippen LogP contribution >= 0.6 is 0 Å². The molecule has 0 N–H and O–H groups in total. The number of hydrogen-bond donors (Lipinski definition) is 0. The molecule has 28 heavy (non-hydrogen) atoms. The molecule has 1 aromatic heterocycles. The van der Waals surface area contributed by atoms with Crippen molar-refractivity contribution in [3.8, 4) is 28.1 Å². The van der Waals surface area contributed by atoms with Gasteiger partial charge in [-0.2, -0.15) is 0 Å². The summed E-state index contributed by atoms with van der Waals surface area (Å²) in [4.78, 5) is 0. The highest BCUT2D eigenvalue weighted by atomic mass is 16.5. The molecule has 5 rings (SSSR count). The minimum Gasteiger partial charge on any atom is -0.497 e. The first kappa shape index (κ1) is 16.9. The molecule has 0 fully saturated rings. The van der Waals surface area contributed by atoms with E-state index in [0.29, 0.717) is 0 Å². The number of aromatic nitrogens is 1. The fourth-order valence-corrected chi connectivity index (χ4v) is 4.08. The van der Waals surface area contributed by atoms with Crippen LogP contribution in [0.3, 0.4) is 0 Å². The Balaban J connectivity index is 1.48. The van der Waals surface area contributed by atoms with Crippen LogP contribution in [0.1, 0.15) is 16.7 Å². The first-order valence-electron chi connectivity index (χ1n) is 9.81. The maximum Gasteiger partial charge on any atom is 0.118 e. The minimum absolute atomic E-state index is 0.882. The number of aryl methyl sites for hydroxylation is 1. The molecule has 2 nitrogen and oxygen atoms in total. The molecular weight excluding hydrogens is 342 g/mol. The third-order valence-corrected chi connectivity index (χ3v) is 5.69. The predicted octanol–water partition coefficient (Wildman–Crippen LogP) is 5.98. The molecule has 0 atom stereocenters. The van der Waals surface area contributed by atoms with Crippen molar-refractivity contribution in [3.05, 3.63) is 102 Å². The highest BCUT2D eigenvalue weighted by Gasteiger charge is 2.23. The first-order valence-corrected chi connectivity index (χ1v) is 9.81. The van der Waals surface area contributed by atoms with Gasteiger partial charge in [-0.3, -0.25) is 0 Å². The van der Waals surface area contributed by atoms with Gasteiger partial charge in [0.05, 0.1) is 12.8 Å². The number of hydrogen-bond acceptors (Lipinski definition) is 1. The van der Waals surface area contributed by atoms with Crippen LogP contribution in [-0.4, -0.2) is 11.7 Å². The van der Waals surface area contributed by atoms with E-state index in [1.54, 1.807) is 7.11 Å². The summed E-state index contributed by atoms with van der Waals surface area (Å²) in [6.07, 6.45) is 4.71. The number of fused-ring (bicyclic) bond motifs is 1. The van der Waals surface area contributed by atoms with Gasteiger partial charge in [-0.05, 0) is 58.4 Å². The summed E-state index contributed by atoms with van der Waals surface area (Å²) in [5.41, 5.74) is 9.49.